The summed E-state index contributed by atoms with van der Waals surface area (Å²) in [7, 11) is 0. The Labute approximate surface area is 180 Å². The lowest BCUT2D eigenvalue weighted by molar-refractivity contribution is -0.162. The van der Waals surface area contributed by atoms with E-state index >= 15 is 0 Å². The van der Waals surface area contributed by atoms with Crippen LogP contribution in [0.4, 0.5) is 4.39 Å². The summed E-state index contributed by atoms with van der Waals surface area (Å²) in [5.41, 5.74) is 11.8. The summed E-state index contributed by atoms with van der Waals surface area (Å²) in [6.07, 6.45) is 3.48. The molecule has 2 aliphatic heterocycles. The smallest absolute Gasteiger partial charge is 0.343 e. The molecule has 2 atom stereocenters. The summed E-state index contributed by atoms with van der Waals surface area (Å²) in [6, 6.07) is 1.34. The lowest BCUT2D eigenvalue weighted by atomic mass is 9.82. The molecule has 2 unspecified atom stereocenters. The molecule has 0 fully saturated rings. The van der Waals surface area contributed by atoms with E-state index in [2.05, 4.69) is 5.32 Å². The molecule has 3 heterocycles. The number of aromatic nitrogens is 1. The Balaban J connectivity index is 1.75. The van der Waals surface area contributed by atoms with Crippen LogP contribution in [0.25, 0.3) is 16.6 Å². The average Bonchev–Trinajstić information content (AvgIpc) is 3.15. The molecule has 1 aromatic heterocycles. The van der Waals surface area contributed by atoms with Crippen LogP contribution in [0.15, 0.2) is 23.3 Å². The van der Waals surface area contributed by atoms with Gasteiger partial charge in [-0.2, -0.15) is 0 Å². The third-order valence-corrected chi connectivity index (χ3v) is 6.99. The van der Waals surface area contributed by atoms with Crippen LogP contribution in [-0.2, 0) is 22.5 Å². The van der Waals surface area contributed by atoms with Gasteiger partial charge in [-0.25, -0.2) is 14.2 Å². The number of ether oxygens (including phenoxy) is 1. The molecule has 0 amide bonds. The molecule has 3 aliphatic rings. The largest absolute Gasteiger partial charge is 0.459 e. The first-order chi connectivity index (χ1) is 14.8. The van der Waals surface area contributed by atoms with Gasteiger partial charge in [-0.15, -0.1) is 0 Å². The maximum atomic E-state index is 14.6. The second kappa shape index (κ2) is 6.87. The van der Waals surface area contributed by atoms with Crippen molar-refractivity contribution >= 4 is 22.6 Å². The molecule has 1 aromatic carbocycles. The van der Waals surface area contributed by atoms with Crippen LogP contribution in [0, 0.1) is 12.7 Å². The van der Waals surface area contributed by atoms with E-state index in [0.717, 1.165) is 40.5 Å². The van der Waals surface area contributed by atoms with E-state index in [9.17, 15) is 14.3 Å². The van der Waals surface area contributed by atoms with Crippen molar-refractivity contribution in [3.63, 3.8) is 0 Å². The number of benzene rings is 1. The van der Waals surface area contributed by atoms with Crippen molar-refractivity contribution in [2.75, 3.05) is 6.61 Å². The van der Waals surface area contributed by atoms with Gasteiger partial charge in [0, 0.05) is 29.6 Å². The lowest BCUT2D eigenvalue weighted by Gasteiger charge is -2.32. The minimum atomic E-state index is -1.70. The number of pyridine rings is 1. The first-order valence-electron chi connectivity index (χ1n) is 10.7. The van der Waals surface area contributed by atoms with E-state index in [0.29, 0.717) is 34.6 Å². The quantitative estimate of drug-likeness (QED) is 0.643. The molecule has 4 N–H and O–H groups in total. The highest BCUT2D eigenvalue weighted by Gasteiger charge is 2.43. The zero-order chi connectivity index (χ0) is 22.1. The van der Waals surface area contributed by atoms with Gasteiger partial charge in [-0.05, 0) is 67.0 Å². The average molecular weight is 423 g/mol. The molecule has 31 heavy (non-hydrogen) atoms. The zero-order valence-electron chi connectivity index (χ0n) is 17.9. The summed E-state index contributed by atoms with van der Waals surface area (Å²) in [6.45, 7) is 6.08. The van der Waals surface area contributed by atoms with E-state index in [1.165, 1.54) is 6.07 Å². The Morgan fingerprint density at radius 1 is 1.42 bits per heavy atom. The summed E-state index contributed by atoms with van der Waals surface area (Å²) in [5.74, 6) is -0.904. The number of carbonyl (C=O) groups is 1. The number of halogens is 1. The highest BCUT2D eigenvalue weighted by atomic mass is 19.1. The van der Waals surface area contributed by atoms with Gasteiger partial charge in [0.05, 0.1) is 16.9 Å². The van der Waals surface area contributed by atoms with Gasteiger partial charge in [0.25, 0.3) is 0 Å². The van der Waals surface area contributed by atoms with Crippen LogP contribution in [-0.4, -0.2) is 28.3 Å². The fraction of sp³-hybridized carbons (Fsp3) is 0.417. The summed E-state index contributed by atoms with van der Waals surface area (Å²) < 4.78 is 19.8. The van der Waals surface area contributed by atoms with Crippen molar-refractivity contribution < 1.29 is 19.0 Å². The second-order valence-corrected chi connectivity index (χ2v) is 8.75. The molecule has 0 radical (unpaired) electrons. The number of cyclic esters (lactones) is 1. The van der Waals surface area contributed by atoms with E-state index in [4.69, 9.17) is 15.5 Å². The Kier molecular flexibility index (Phi) is 4.46. The standard InChI is InChI=1S/C24H26FN3O3/c1-4-24(30)15(11(2)10-31-23(24)29)7-19-22-14(9-27-19)20-17(26)6-5-13-12(3)16(25)8-18(28-22)21(13)20/h7-8,17,27,30H,4-6,9-10,26H2,1-3H3/b19-7-. The number of carbonyl (C=O) groups excluding carboxylic acids is 1. The SMILES string of the molecule is CCC1(O)C(=O)OCC(C)=C1/C=C1\NCc2c1nc1cc(F)c(C)c3c1c2C(N)CC3. The molecule has 0 saturated heterocycles. The number of nitrogens with one attached hydrogen (secondary N) is 1. The predicted octanol–water partition coefficient (Wildman–Crippen LogP) is 3.09. The topological polar surface area (TPSA) is 97.5 Å². The van der Waals surface area contributed by atoms with E-state index < -0.39 is 11.6 Å². The van der Waals surface area contributed by atoms with Crippen LogP contribution in [0.2, 0.25) is 0 Å². The van der Waals surface area contributed by atoms with Crippen molar-refractivity contribution in [1.82, 2.24) is 10.3 Å². The Morgan fingerprint density at radius 2 is 2.19 bits per heavy atom. The van der Waals surface area contributed by atoms with E-state index in [1.54, 1.807) is 13.0 Å². The number of esters is 1. The fourth-order valence-electron chi connectivity index (χ4n) is 5.15. The van der Waals surface area contributed by atoms with Crippen molar-refractivity contribution in [3.8, 4) is 0 Å². The molecular formula is C24H26FN3O3. The molecule has 162 valence electrons. The number of hydrogen-bond donors (Lipinski definition) is 3. The highest BCUT2D eigenvalue weighted by Crippen LogP contribution is 2.42. The van der Waals surface area contributed by atoms with Crippen LogP contribution >= 0.6 is 0 Å². The first kappa shape index (κ1) is 20.2. The summed E-state index contributed by atoms with van der Waals surface area (Å²) >= 11 is 0. The van der Waals surface area contributed by atoms with Crippen molar-refractivity contribution in [3.05, 3.63) is 57.1 Å². The van der Waals surface area contributed by atoms with Crippen LogP contribution in [0.5, 0.6) is 0 Å². The van der Waals surface area contributed by atoms with Crippen molar-refractivity contribution in [2.45, 2.75) is 58.2 Å². The first-order valence-corrected chi connectivity index (χ1v) is 10.7. The maximum absolute atomic E-state index is 14.6. The monoisotopic (exact) mass is 423 g/mol. The molecule has 0 spiro atoms. The van der Waals surface area contributed by atoms with Gasteiger partial charge < -0.3 is 20.9 Å². The Bertz CT molecular complexity index is 1220. The van der Waals surface area contributed by atoms with Crippen molar-refractivity contribution in [2.24, 2.45) is 5.73 Å². The zero-order valence-corrected chi connectivity index (χ0v) is 17.9. The van der Waals surface area contributed by atoms with Gasteiger partial charge >= 0.3 is 5.97 Å². The highest BCUT2D eigenvalue weighted by molar-refractivity contribution is 5.93. The molecular weight excluding hydrogens is 397 g/mol. The number of nitrogens with two attached hydrogens (primary N) is 1. The number of nitrogens with zero attached hydrogens (tertiary/aromatic N) is 1. The van der Waals surface area contributed by atoms with Gasteiger partial charge in [0.15, 0.2) is 5.60 Å². The molecule has 6 nitrogen and oxygen atoms in total. The summed E-state index contributed by atoms with van der Waals surface area (Å²) in [5, 5.41) is 15.4. The third-order valence-electron chi connectivity index (χ3n) is 6.99. The number of hydrogen-bond acceptors (Lipinski definition) is 6. The molecule has 0 saturated carbocycles. The lowest BCUT2D eigenvalue weighted by Crippen LogP contribution is -2.45. The minimum absolute atomic E-state index is 0.141. The van der Waals surface area contributed by atoms with E-state index in [-0.39, 0.29) is 24.9 Å². The number of aliphatic hydroxyl groups is 1. The van der Waals surface area contributed by atoms with Gasteiger partial charge in [0.1, 0.15) is 12.4 Å². The minimum Gasteiger partial charge on any atom is -0.459 e. The predicted molar refractivity (Wildman–Crippen MR) is 115 cm³/mol. The maximum Gasteiger partial charge on any atom is 0.343 e. The van der Waals surface area contributed by atoms with Crippen LogP contribution in [0.1, 0.15) is 60.7 Å². The Morgan fingerprint density at radius 3 is 2.94 bits per heavy atom. The van der Waals surface area contributed by atoms with Gasteiger partial charge in [-0.1, -0.05) is 6.92 Å². The van der Waals surface area contributed by atoms with E-state index in [1.807, 2.05) is 13.8 Å². The number of fused-ring (bicyclic) bond motifs is 2. The molecule has 0 bridgehead atoms. The molecule has 1 aliphatic carbocycles. The number of rotatable bonds is 2. The molecule has 2 aromatic rings. The van der Waals surface area contributed by atoms with Gasteiger partial charge in [-0.3, -0.25) is 0 Å². The number of aryl methyl sites for hydroxylation is 1. The molecule has 7 heteroatoms. The van der Waals surface area contributed by atoms with Crippen LogP contribution < -0.4 is 11.1 Å². The fourth-order valence-corrected chi connectivity index (χ4v) is 5.15. The van der Waals surface area contributed by atoms with Crippen LogP contribution in [0.3, 0.4) is 0 Å². The molecule has 5 rings (SSSR count). The van der Waals surface area contributed by atoms with Gasteiger partial charge in [0.2, 0.25) is 0 Å². The van der Waals surface area contributed by atoms with Crippen molar-refractivity contribution in [1.29, 1.82) is 0 Å². The second-order valence-electron chi connectivity index (χ2n) is 8.75. The normalized spacial score (nSPS) is 26.3. The third kappa shape index (κ3) is 2.76. The Hall–Kier alpha value is -2.77. The summed E-state index contributed by atoms with van der Waals surface area (Å²) in [4.78, 5) is 17.1.